The van der Waals surface area contributed by atoms with E-state index in [1.54, 1.807) is 17.6 Å². The van der Waals surface area contributed by atoms with Gasteiger partial charge in [0, 0.05) is 60.6 Å². The van der Waals surface area contributed by atoms with Crippen LogP contribution < -0.4 is 5.48 Å². The van der Waals surface area contributed by atoms with Gasteiger partial charge in [0.25, 0.3) is 5.91 Å². The molecule has 8 heteroatoms. The van der Waals surface area contributed by atoms with Gasteiger partial charge in [0.1, 0.15) is 5.82 Å². The smallest absolute Gasteiger partial charge is 0.267 e. The van der Waals surface area contributed by atoms with Crippen LogP contribution >= 0.6 is 0 Å². The van der Waals surface area contributed by atoms with Gasteiger partial charge in [-0.15, -0.1) is 0 Å². The maximum atomic E-state index is 13.7. The molecule has 4 aromatic rings. The summed E-state index contributed by atoms with van der Waals surface area (Å²) in [6, 6.07) is 11.5. The standard InChI is InChI=1S/C28H30FN5O2/c1-18-22(16-31-33(18)2)17-34(12-11-21-15-30-26-14-23(29)6-8-24(21)26)27-9-5-20-13-19(3-7-25(20)27)4-10-28(35)32-36/h3-4,6-8,10,13-16,27,30,36H,5,9,11-12,17H2,1-2H3,(H,32,35). The van der Waals surface area contributed by atoms with E-state index in [1.807, 2.05) is 36.3 Å². The third kappa shape index (κ3) is 4.82. The number of aromatic nitrogens is 3. The average molecular weight is 488 g/mol. The Labute approximate surface area is 209 Å². The van der Waals surface area contributed by atoms with Gasteiger partial charge in [-0.3, -0.25) is 19.6 Å². The first-order valence-corrected chi connectivity index (χ1v) is 12.1. The molecular weight excluding hydrogens is 457 g/mol. The van der Waals surface area contributed by atoms with E-state index in [4.69, 9.17) is 5.21 Å². The maximum absolute atomic E-state index is 13.7. The fourth-order valence-corrected chi connectivity index (χ4v) is 5.20. The number of hydrogen-bond donors (Lipinski definition) is 3. The van der Waals surface area contributed by atoms with Gasteiger partial charge in [-0.2, -0.15) is 5.10 Å². The van der Waals surface area contributed by atoms with E-state index >= 15 is 0 Å². The Bertz CT molecular complexity index is 1440. The number of nitrogens with one attached hydrogen (secondary N) is 2. The summed E-state index contributed by atoms with van der Waals surface area (Å²) in [5.74, 6) is -0.787. The second kappa shape index (κ2) is 10.1. The zero-order chi connectivity index (χ0) is 25.2. The number of aryl methyl sites for hydroxylation is 2. The minimum Gasteiger partial charge on any atom is -0.361 e. The lowest BCUT2D eigenvalue weighted by molar-refractivity contribution is -0.124. The summed E-state index contributed by atoms with van der Waals surface area (Å²) in [6.07, 6.45) is 9.78. The minimum atomic E-state index is -0.550. The maximum Gasteiger partial charge on any atom is 0.267 e. The Kier molecular flexibility index (Phi) is 6.71. The first-order valence-electron chi connectivity index (χ1n) is 12.1. The Morgan fingerprint density at radius 3 is 2.94 bits per heavy atom. The van der Waals surface area contributed by atoms with Crippen LogP contribution in [0.2, 0.25) is 0 Å². The summed E-state index contributed by atoms with van der Waals surface area (Å²) < 4.78 is 15.6. The average Bonchev–Trinajstić information content (AvgIpc) is 3.57. The van der Waals surface area contributed by atoms with Crippen LogP contribution in [0.25, 0.3) is 17.0 Å². The van der Waals surface area contributed by atoms with E-state index in [-0.39, 0.29) is 11.9 Å². The van der Waals surface area contributed by atoms with Crippen LogP contribution in [0, 0.1) is 12.7 Å². The summed E-state index contributed by atoms with van der Waals surface area (Å²) in [5.41, 5.74) is 9.50. The Hall–Kier alpha value is -3.75. The van der Waals surface area contributed by atoms with Crippen molar-refractivity contribution in [2.75, 3.05) is 6.54 Å². The molecular formula is C28H30FN5O2. The third-order valence-corrected chi connectivity index (χ3v) is 7.30. The van der Waals surface area contributed by atoms with Gasteiger partial charge in [-0.1, -0.05) is 18.2 Å². The molecule has 0 fully saturated rings. The van der Waals surface area contributed by atoms with E-state index in [1.165, 1.54) is 34.4 Å². The second-order valence-corrected chi connectivity index (χ2v) is 9.43. The zero-order valence-corrected chi connectivity index (χ0v) is 20.5. The first kappa shape index (κ1) is 24.0. The number of fused-ring (bicyclic) bond motifs is 2. The van der Waals surface area contributed by atoms with Gasteiger partial charge in [0.15, 0.2) is 0 Å². The molecule has 2 aromatic carbocycles. The molecule has 0 spiro atoms. The lowest BCUT2D eigenvalue weighted by Crippen LogP contribution is -2.29. The molecule has 0 saturated carbocycles. The van der Waals surface area contributed by atoms with Crippen LogP contribution in [0.5, 0.6) is 0 Å². The number of amides is 1. The number of halogens is 1. The number of H-pyrrole nitrogens is 1. The quantitative estimate of drug-likeness (QED) is 0.193. The van der Waals surface area contributed by atoms with Crippen molar-refractivity contribution in [1.82, 2.24) is 25.1 Å². The van der Waals surface area contributed by atoms with Crippen molar-refractivity contribution in [3.8, 4) is 0 Å². The van der Waals surface area contributed by atoms with Gasteiger partial charge < -0.3 is 4.98 Å². The molecule has 2 heterocycles. The number of hydroxylamine groups is 1. The fourth-order valence-electron chi connectivity index (χ4n) is 5.20. The molecule has 0 radical (unpaired) electrons. The Balaban J connectivity index is 1.41. The van der Waals surface area contributed by atoms with Gasteiger partial charge in [0.2, 0.25) is 0 Å². The van der Waals surface area contributed by atoms with E-state index in [0.29, 0.717) is 0 Å². The second-order valence-electron chi connectivity index (χ2n) is 9.43. The Morgan fingerprint density at radius 2 is 2.17 bits per heavy atom. The van der Waals surface area contributed by atoms with Crippen molar-refractivity contribution in [1.29, 1.82) is 0 Å². The van der Waals surface area contributed by atoms with Gasteiger partial charge in [-0.05, 0) is 72.7 Å². The normalized spacial score (nSPS) is 15.3. The first-order chi connectivity index (χ1) is 17.4. The number of benzene rings is 2. The molecule has 1 atom stereocenters. The minimum absolute atomic E-state index is 0.238. The molecule has 3 N–H and O–H groups in total. The Morgan fingerprint density at radius 1 is 1.31 bits per heavy atom. The molecule has 2 aromatic heterocycles. The highest BCUT2D eigenvalue weighted by Crippen LogP contribution is 2.38. The van der Waals surface area contributed by atoms with Crippen molar-refractivity contribution < 1.29 is 14.4 Å². The van der Waals surface area contributed by atoms with E-state index < -0.39 is 5.91 Å². The molecule has 0 bridgehead atoms. The molecule has 36 heavy (non-hydrogen) atoms. The summed E-state index contributed by atoms with van der Waals surface area (Å²) in [5, 5.41) is 14.2. The molecule has 1 unspecified atom stereocenters. The predicted octanol–water partition coefficient (Wildman–Crippen LogP) is 4.60. The molecule has 5 rings (SSSR count). The molecule has 0 saturated heterocycles. The summed E-state index contributed by atoms with van der Waals surface area (Å²) >= 11 is 0. The van der Waals surface area contributed by atoms with Crippen molar-refractivity contribution >= 4 is 22.9 Å². The molecule has 1 aliphatic rings. The number of rotatable bonds is 8. The van der Waals surface area contributed by atoms with Crippen LogP contribution in [0.15, 0.2) is 54.9 Å². The number of carbonyl (C=O) groups is 1. The van der Waals surface area contributed by atoms with Crippen molar-refractivity contribution in [3.05, 3.63) is 94.2 Å². The van der Waals surface area contributed by atoms with Crippen molar-refractivity contribution in [3.63, 3.8) is 0 Å². The van der Waals surface area contributed by atoms with Crippen LogP contribution in [-0.4, -0.2) is 37.3 Å². The molecule has 7 nitrogen and oxygen atoms in total. The number of nitrogens with zero attached hydrogens (tertiary/aromatic N) is 3. The summed E-state index contributed by atoms with van der Waals surface area (Å²) in [4.78, 5) is 17.1. The fraction of sp³-hybridized carbons (Fsp3) is 0.286. The van der Waals surface area contributed by atoms with Gasteiger partial charge in [-0.25, -0.2) is 9.87 Å². The summed E-state index contributed by atoms with van der Waals surface area (Å²) in [6.45, 7) is 3.73. The molecule has 1 amide bonds. The highest BCUT2D eigenvalue weighted by atomic mass is 19.1. The van der Waals surface area contributed by atoms with E-state index in [9.17, 15) is 9.18 Å². The van der Waals surface area contributed by atoms with Gasteiger partial charge >= 0.3 is 0 Å². The highest BCUT2D eigenvalue weighted by molar-refractivity contribution is 5.90. The van der Waals surface area contributed by atoms with Crippen molar-refractivity contribution in [2.24, 2.45) is 7.05 Å². The van der Waals surface area contributed by atoms with E-state index in [0.717, 1.165) is 54.5 Å². The lowest BCUT2D eigenvalue weighted by Gasteiger charge is -2.30. The highest BCUT2D eigenvalue weighted by Gasteiger charge is 2.29. The predicted molar refractivity (Wildman–Crippen MR) is 137 cm³/mol. The molecule has 1 aliphatic carbocycles. The number of carbonyl (C=O) groups excluding carboxylic acids is 1. The largest absolute Gasteiger partial charge is 0.361 e. The van der Waals surface area contributed by atoms with Crippen molar-refractivity contribution in [2.45, 2.75) is 38.8 Å². The van der Waals surface area contributed by atoms with Crippen LogP contribution in [0.1, 0.15) is 46.0 Å². The lowest BCUT2D eigenvalue weighted by atomic mass is 10.0. The number of hydrogen-bond acceptors (Lipinski definition) is 4. The van der Waals surface area contributed by atoms with E-state index in [2.05, 4.69) is 34.0 Å². The number of aromatic amines is 1. The third-order valence-electron chi connectivity index (χ3n) is 7.30. The molecule has 186 valence electrons. The summed E-state index contributed by atoms with van der Waals surface area (Å²) in [7, 11) is 1.96. The molecule has 0 aliphatic heterocycles. The van der Waals surface area contributed by atoms with Crippen LogP contribution in [0.3, 0.4) is 0 Å². The van der Waals surface area contributed by atoms with Gasteiger partial charge in [0.05, 0.1) is 6.20 Å². The SMILES string of the molecule is Cc1c(CN(CCc2c[nH]c3cc(F)ccc23)C2CCc3cc(C=CC(=O)NO)ccc32)cnn1C. The van der Waals surface area contributed by atoms with Crippen LogP contribution in [0.4, 0.5) is 4.39 Å². The zero-order valence-electron chi connectivity index (χ0n) is 20.5. The monoisotopic (exact) mass is 487 g/mol. The topological polar surface area (TPSA) is 86.2 Å². The van der Waals surface area contributed by atoms with Crippen LogP contribution in [-0.2, 0) is 31.2 Å².